The van der Waals surface area contributed by atoms with Gasteiger partial charge < -0.3 is 9.47 Å². The highest BCUT2D eigenvalue weighted by Crippen LogP contribution is 2.18. The first-order valence-corrected chi connectivity index (χ1v) is 9.93. The summed E-state index contributed by atoms with van der Waals surface area (Å²) in [5, 5.41) is 0. The van der Waals surface area contributed by atoms with Gasteiger partial charge in [0.2, 0.25) is 0 Å². The van der Waals surface area contributed by atoms with Crippen LogP contribution >= 0.6 is 0 Å². The minimum atomic E-state index is -2.78. The number of ether oxygens (including phenoxy) is 2. The third-order valence-electron chi connectivity index (χ3n) is 4.54. The lowest BCUT2D eigenvalue weighted by Crippen LogP contribution is -2.01. The largest absolute Gasteiger partial charge is 0.494 e. The number of rotatable bonds is 13. The maximum atomic E-state index is 12.2. The summed E-state index contributed by atoms with van der Waals surface area (Å²) in [6.07, 6.45) is 9.32. The lowest BCUT2D eigenvalue weighted by Gasteiger charge is -2.08. The molecule has 148 valence electrons. The summed E-state index contributed by atoms with van der Waals surface area (Å²) in [7, 11) is 0. The Balaban J connectivity index is 1.66. The summed E-state index contributed by atoms with van der Waals surface area (Å²) in [6.45, 7) is 0.227. The first-order chi connectivity index (χ1) is 13.2. The number of alkyl halides is 2. The minimum Gasteiger partial charge on any atom is -0.494 e. The van der Waals surface area contributed by atoms with Gasteiger partial charge in [0.1, 0.15) is 11.5 Å². The van der Waals surface area contributed by atoms with Gasteiger partial charge in [0.15, 0.2) is 0 Å². The first-order valence-electron chi connectivity index (χ1n) is 9.93. The van der Waals surface area contributed by atoms with Gasteiger partial charge in [0.25, 0.3) is 0 Å². The fraction of sp³-hybridized carbons (Fsp3) is 0.478. The van der Waals surface area contributed by atoms with E-state index in [4.69, 9.17) is 4.74 Å². The van der Waals surface area contributed by atoms with Crippen LogP contribution in [0.15, 0.2) is 48.5 Å². The van der Waals surface area contributed by atoms with Crippen LogP contribution in [0.25, 0.3) is 0 Å². The molecule has 0 saturated carbocycles. The van der Waals surface area contributed by atoms with E-state index in [1.54, 1.807) is 12.1 Å². The fourth-order valence-corrected chi connectivity index (χ4v) is 2.95. The van der Waals surface area contributed by atoms with Crippen LogP contribution < -0.4 is 9.47 Å². The van der Waals surface area contributed by atoms with E-state index >= 15 is 0 Å². The predicted molar refractivity (Wildman–Crippen MR) is 106 cm³/mol. The van der Waals surface area contributed by atoms with Crippen LogP contribution in [0.5, 0.6) is 11.5 Å². The van der Waals surface area contributed by atoms with Crippen LogP contribution in [0, 0.1) is 0 Å². The Labute approximate surface area is 161 Å². The van der Waals surface area contributed by atoms with Gasteiger partial charge >= 0.3 is 6.61 Å². The number of halogens is 2. The van der Waals surface area contributed by atoms with Crippen molar-refractivity contribution >= 4 is 0 Å². The van der Waals surface area contributed by atoms with Crippen molar-refractivity contribution in [3.8, 4) is 11.5 Å². The second-order valence-corrected chi connectivity index (χ2v) is 6.78. The topological polar surface area (TPSA) is 18.5 Å². The Morgan fingerprint density at radius 3 is 1.78 bits per heavy atom. The molecule has 27 heavy (non-hydrogen) atoms. The van der Waals surface area contributed by atoms with Crippen LogP contribution in [-0.4, -0.2) is 13.2 Å². The highest BCUT2D eigenvalue weighted by molar-refractivity contribution is 5.30. The molecule has 0 aromatic heterocycles. The van der Waals surface area contributed by atoms with Gasteiger partial charge in [-0.15, -0.1) is 0 Å². The summed E-state index contributed by atoms with van der Waals surface area (Å²) in [5.41, 5.74) is 2.33. The lowest BCUT2D eigenvalue weighted by molar-refractivity contribution is -0.0498. The molecule has 0 radical (unpaired) electrons. The SMILES string of the molecule is CCCCCCCCOc1ccc(CCc2ccc(OC(F)F)cc2)cc1. The average Bonchev–Trinajstić information content (AvgIpc) is 2.67. The first kappa shape index (κ1) is 21.2. The van der Waals surface area contributed by atoms with Gasteiger partial charge in [-0.3, -0.25) is 0 Å². The van der Waals surface area contributed by atoms with E-state index in [-0.39, 0.29) is 5.75 Å². The molecule has 0 bridgehead atoms. The van der Waals surface area contributed by atoms with Crippen molar-refractivity contribution < 1.29 is 18.3 Å². The van der Waals surface area contributed by atoms with E-state index in [0.29, 0.717) is 0 Å². The van der Waals surface area contributed by atoms with Crippen LogP contribution in [0.1, 0.15) is 56.6 Å². The molecular formula is C23H30F2O2. The standard InChI is InChI=1S/C23H30F2O2/c1-2-3-4-5-6-7-18-26-21-14-10-19(11-15-21)8-9-20-12-16-22(17-13-20)27-23(24)25/h10-17,23H,2-9,18H2,1H3. The molecule has 0 saturated heterocycles. The second kappa shape index (κ2) is 12.3. The van der Waals surface area contributed by atoms with Crippen molar-refractivity contribution in [2.24, 2.45) is 0 Å². The molecule has 0 aliphatic carbocycles. The molecule has 4 heteroatoms. The molecule has 0 atom stereocenters. The minimum absolute atomic E-state index is 0.195. The molecule has 2 aromatic rings. The molecule has 0 N–H and O–H groups in total. The monoisotopic (exact) mass is 376 g/mol. The van der Waals surface area contributed by atoms with Gasteiger partial charge in [-0.05, 0) is 54.7 Å². The number of hydrogen-bond donors (Lipinski definition) is 0. The highest BCUT2D eigenvalue weighted by atomic mass is 19.3. The van der Waals surface area contributed by atoms with Crippen molar-refractivity contribution in [2.45, 2.75) is 64.9 Å². The van der Waals surface area contributed by atoms with Gasteiger partial charge in [0.05, 0.1) is 6.61 Å². The number of unbranched alkanes of at least 4 members (excludes halogenated alkanes) is 5. The predicted octanol–water partition coefficient (Wildman–Crippen LogP) is 6.81. The molecule has 2 rings (SSSR count). The third-order valence-corrected chi connectivity index (χ3v) is 4.54. The molecule has 0 fully saturated rings. The van der Waals surface area contributed by atoms with E-state index < -0.39 is 6.61 Å². The summed E-state index contributed by atoms with van der Waals surface area (Å²) in [4.78, 5) is 0. The Bertz CT molecular complexity index is 624. The lowest BCUT2D eigenvalue weighted by atomic mass is 10.0. The Hall–Kier alpha value is -2.10. The summed E-state index contributed by atoms with van der Waals surface area (Å²) < 4.78 is 34.5. The molecule has 0 heterocycles. The molecule has 0 amide bonds. The summed E-state index contributed by atoms with van der Waals surface area (Å²) in [5.74, 6) is 1.11. The summed E-state index contributed by atoms with van der Waals surface area (Å²) >= 11 is 0. The zero-order chi connectivity index (χ0) is 19.3. The fourth-order valence-electron chi connectivity index (χ4n) is 2.95. The molecular weight excluding hydrogens is 346 g/mol. The normalized spacial score (nSPS) is 11.0. The van der Waals surface area contributed by atoms with E-state index in [0.717, 1.165) is 37.2 Å². The second-order valence-electron chi connectivity index (χ2n) is 6.78. The number of hydrogen-bond acceptors (Lipinski definition) is 2. The molecule has 2 aromatic carbocycles. The zero-order valence-electron chi connectivity index (χ0n) is 16.1. The van der Waals surface area contributed by atoms with Crippen LogP contribution in [0.4, 0.5) is 8.78 Å². The maximum absolute atomic E-state index is 12.2. The van der Waals surface area contributed by atoms with Gasteiger partial charge in [-0.2, -0.15) is 8.78 Å². The van der Waals surface area contributed by atoms with E-state index in [9.17, 15) is 8.78 Å². The third kappa shape index (κ3) is 8.89. The van der Waals surface area contributed by atoms with E-state index in [1.807, 2.05) is 24.3 Å². The van der Waals surface area contributed by atoms with Crippen LogP contribution in [0.3, 0.4) is 0 Å². The highest BCUT2D eigenvalue weighted by Gasteiger charge is 2.04. The Kier molecular flexibility index (Phi) is 9.67. The van der Waals surface area contributed by atoms with Gasteiger partial charge in [0, 0.05) is 0 Å². The van der Waals surface area contributed by atoms with Gasteiger partial charge in [-0.25, -0.2) is 0 Å². The molecule has 0 aliphatic rings. The Morgan fingerprint density at radius 1 is 0.704 bits per heavy atom. The van der Waals surface area contributed by atoms with Crippen molar-refractivity contribution in [2.75, 3.05) is 6.61 Å². The molecule has 0 spiro atoms. The van der Waals surface area contributed by atoms with Crippen molar-refractivity contribution in [1.82, 2.24) is 0 Å². The molecule has 0 aliphatic heterocycles. The van der Waals surface area contributed by atoms with E-state index in [2.05, 4.69) is 23.8 Å². The summed E-state index contributed by atoms with van der Waals surface area (Å²) in [6, 6.07) is 15.0. The molecule has 2 nitrogen and oxygen atoms in total. The van der Waals surface area contributed by atoms with Crippen molar-refractivity contribution in [3.05, 3.63) is 59.7 Å². The average molecular weight is 376 g/mol. The quantitative estimate of drug-likeness (QED) is 0.357. The van der Waals surface area contributed by atoms with Gasteiger partial charge in [-0.1, -0.05) is 63.3 Å². The molecule has 0 unspecified atom stereocenters. The van der Waals surface area contributed by atoms with Crippen LogP contribution in [-0.2, 0) is 12.8 Å². The zero-order valence-corrected chi connectivity index (χ0v) is 16.1. The smallest absolute Gasteiger partial charge is 0.387 e. The van der Waals surface area contributed by atoms with Crippen LogP contribution in [0.2, 0.25) is 0 Å². The number of benzene rings is 2. The Morgan fingerprint density at radius 2 is 1.22 bits per heavy atom. The van der Waals surface area contributed by atoms with E-state index in [1.165, 1.54) is 37.7 Å². The van der Waals surface area contributed by atoms with Crippen molar-refractivity contribution in [1.29, 1.82) is 0 Å². The van der Waals surface area contributed by atoms with Crippen molar-refractivity contribution in [3.63, 3.8) is 0 Å². The number of aryl methyl sites for hydroxylation is 2. The maximum Gasteiger partial charge on any atom is 0.387 e.